The molecule has 1 saturated carbocycles. The molecule has 0 aliphatic heterocycles. The van der Waals surface area contributed by atoms with E-state index in [0.717, 1.165) is 6.61 Å². The van der Waals surface area contributed by atoms with E-state index >= 15 is 0 Å². The molecule has 0 bridgehead atoms. The highest BCUT2D eigenvalue weighted by Crippen LogP contribution is 2.25. The topological polar surface area (TPSA) is 35.2 Å². The first-order valence-electron chi connectivity index (χ1n) is 7.85. The zero-order chi connectivity index (χ0) is 14.5. The Bertz CT molecular complexity index is 570. The molecule has 21 heavy (non-hydrogen) atoms. The van der Waals surface area contributed by atoms with Crippen LogP contribution >= 0.6 is 0 Å². The van der Waals surface area contributed by atoms with Gasteiger partial charge in [-0.25, -0.2) is 0 Å². The average Bonchev–Trinajstić information content (AvgIpc) is 3.07. The fourth-order valence-corrected chi connectivity index (χ4v) is 3.03. The second kappa shape index (κ2) is 6.88. The van der Waals surface area contributed by atoms with Crippen molar-refractivity contribution >= 4 is 0 Å². The molecule has 0 spiro atoms. The van der Waals surface area contributed by atoms with Gasteiger partial charge in [-0.15, -0.1) is 0 Å². The van der Waals surface area contributed by atoms with E-state index in [1.807, 2.05) is 6.07 Å². The van der Waals surface area contributed by atoms with Gasteiger partial charge in [0, 0.05) is 6.54 Å². The van der Waals surface area contributed by atoms with E-state index in [9.17, 15) is 0 Å². The maximum absolute atomic E-state index is 5.96. The third kappa shape index (κ3) is 3.52. The van der Waals surface area contributed by atoms with Crippen molar-refractivity contribution in [1.82, 2.24) is 0 Å². The molecule has 2 aromatic carbocycles. The van der Waals surface area contributed by atoms with Gasteiger partial charge in [-0.05, 0) is 35.1 Å². The van der Waals surface area contributed by atoms with Gasteiger partial charge in [0.25, 0.3) is 0 Å². The largest absolute Gasteiger partial charge is 0.374 e. The van der Waals surface area contributed by atoms with Crippen molar-refractivity contribution < 1.29 is 4.74 Å². The Labute approximate surface area is 126 Å². The van der Waals surface area contributed by atoms with Crippen molar-refractivity contribution in [3.05, 3.63) is 59.7 Å². The molecule has 1 aliphatic rings. The summed E-state index contributed by atoms with van der Waals surface area (Å²) in [6, 6.07) is 17.0. The van der Waals surface area contributed by atoms with Gasteiger partial charge in [-0.1, -0.05) is 61.4 Å². The molecule has 0 aromatic heterocycles. The number of rotatable bonds is 5. The Morgan fingerprint density at radius 1 is 0.952 bits per heavy atom. The van der Waals surface area contributed by atoms with Crippen LogP contribution in [-0.4, -0.2) is 6.10 Å². The molecule has 2 aromatic rings. The minimum absolute atomic E-state index is 0.475. The molecule has 1 aliphatic carbocycles. The third-order valence-electron chi connectivity index (χ3n) is 4.29. The molecule has 0 unspecified atom stereocenters. The normalized spacial score (nSPS) is 15.5. The Morgan fingerprint density at radius 3 is 2.38 bits per heavy atom. The number of nitrogens with two attached hydrogens (primary N) is 1. The molecule has 110 valence electrons. The lowest BCUT2D eigenvalue weighted by Crippen LogP contribution is -2.07. The summed E-state index contributed by atoms with van der Waals surface area (Å²) in [5.41, 5.74) is 10.7. The van der Waals surface area contributed by atoms with Crippen LogP contribution in [0.1, 0.15) is 36.8 Å². The second-order valence-electron chi connectivity index (χ2n) is 5.78. The summed E-state index contributed by atoms with van der Waals surface area (Å²) in [6.45, 7) is 1.30. The zero-order valence-electron chi connectivity index (χ0n) is 12.4. The smallest absolute Gasteiger partial charge is 0.0720 e. The Kier molecular flexibility index (Phi) is 4.69. The van der Waals surface area contributed by atoms with Gasteiger partial charge in [0.1, 0.15) is 0 Å². The van der Waals surface area contributed by atoms with Crippen molar-refractivity contribution in [2.45, 2.75) is 44.9 Å². The minimum atomic E-state index is 0.475. The molecular formula is C19H23NO. The van der Waals surface area contributed by atoms with Crippen LogP contribution in [0.15, 0.2) is 48.5 Å². The van der Waals surface area contributed by atoms with Crippen LogP contribution in [0.3, 0.4) is 0 Å². The maximum Gasteiger partial charge on any atom is 0.0720 e. The molecule has 0 heterocycles. The van der Waals surface area contributed by atoms with E-state index in [0.29, 0.717) is 12.6 Å². The van der Waals surface area contributed by atoms with Crippen LogP contribution < -0.4 is 5.73 Å². The van der Waals surface area contributed by atoms with E-state index in [-0.39, 0.29) is 0 Å². The average molecular weight is 281 g/mol. The third-order valence-corrected chi connectivity index (χ3v) is 4.29. The number of benzene rings is 2. The van der Waals surface area contributed by atoms with E-state index in [1.165, 1.54) is 47.9 Å². The number of hydrogen-bond acceptors (Lipinski definition) is 2. The SMILES string of the molecule is NCc1ccccc1-c1ccc(COC2CCCC2)cc1. The van der Waals surface area contributed by atoms with Crippen LogP contribution in [0.4, 0.5) is 0 Å². The van der Waals surface area contributed by atoms with Crippen LogP contribution in [0, 0.1) is 0 Å². The summed E-state index contributed by atoms with van der Waals surface area (Å²) in [5.74, 6) is 0. The monoisotopic (exact) mass is 281 g/mol. The number of hydrogen-bond donors (Lipinski definition) is 1. The maximum atomic E-state index is 5.96. The van der Waals surface area contributed by atoms with E-state index in [4.69, 9.17) is 10.5 Å². The van der Waals surface area contributed by atoms with Crippen molar-refractivity contribution in [2.75, 3.05) is 0 Å². The first-order valence-corrected chi connectivity index (χ1v) is 7.85. The van der Waals surface area contributed by atoms with Crippen molar-refractivity contribution in [1.29, 1.82) is 0 Å². The summed E-state index contributed by atoms with van der Waals surface area (Å²) in [5, 5.41) is 0. The molecule has 2 heteroatoms. The van der Waals surface area contributed by atoms with Crippen LogP contribution in [0.25, 0.3) is 11.1 Å². The quantitative estimate of drug-likeness (QED) is 0.888. The summed E-state index contributed by atoms with van der Waals surface area (Å²) >= 11 is 0. The van der Waals surface area contributed by atoms with Crippen molar-refractivity contribution in [3.8, 4) is 11.1 Å². The number of ether oxygens (including phenoxy) is 1. The molecule has 3 rings (SSSR count). The Morgan fingerprint density at radius 2 is 1.67 bits per heavy atom. The molecule has 2 N–H and O–H groups in total. The minimum Gasteiger partial charge on any atom is -0.374 e. The summed E-state index contributed by atoms with van der Waals surface area (Å²) in [6.07, 6.45) is 5.56. The van der Waals surface area contributed by atoms with Crippen molar-refractivity contribution in [2.24, 2.45) is 5.73 Å². The molecule has 2 nitrogen and oxygen atoms in total. The van der Waals surface area contributed by atoms with Crippen LogP contribution in [0.5, 0.6) is 0 Å². The molecule has 0 saturated heterocycles. The predicted molar refractivity (Wildman–Crippen MR) is 86.8 cm³/mol. The first kappa shape index (κ1) is 14.3. The zero-order valence-corrected chi connectivity index (χ0v) is 12.4. The van der Waals surface area contributed by atoms with E-state index < -0.39 is 0 Å². The van der Waals surface area contributed by atoms with Gasteiger partial charge in [-0.2, -0.15) is 0 Å². The van der Waals surface area contributed by atoms with Crippen molar-refractivity contribution in [3.63, 3.8) is 0 Å². The highest BCUT2D eigenvalue weighted by atomic mass is 16.5. The van der Waals surface area contributed by atoms with E-state index in [2.05, 4.69) is 42.5 Å². The van der Waals surface area contributed by atoms with Gasteiger partial charge < -0.3 is 10.5 Å². The predicted octanol–water partition coefficient (Wildman–Crippen LogP) is 4.27. The van der Waals surface area contributed by atoms with Gasteiger partial charge in [0.15, 0.2) is 0 Å². The van der Waals surface area contributed by atoms with E-state index in [1.54, 1.807) is 0 Å². The van der Waals surface area contributed by atoms with Crippen LogP contribution in [-0.2, 0) is 17.9 Å². The lowest BCUT2D eigenvalue weighted by atomic mass is 9.99. The standard InChI is InChI=1S/C19H23NO/c20-13-17-5-1-4-8-19(17)16-11-9-15(10-12-16)14-21-18-6-2-3-7-18/h1,4-5,8-12,18H,2-3,6-7,13-14,20H2. The molecule has 0 amide bonds. The Hall–Kier alpha value is -1.64. The first-order chi connectivity index (χ1) is 10.4. The fourth-order valence-electron chi connectivity index (χ4n) is 3.03. The van der Waals surface area contributed by atoms with Gasteiger partial charge in [-0.3, -0.25) is 0 Å². The van der Waals surface area contributed by atoms with Crippen LogP contribution in [0.2, 0.25) is 0 Å². The van der Waals surface area contributed by atoms with Gasteiger partial charge in [0.05, 0.1) is 12.7 Å². The molecule has 1 fully saturated rings. The fraction of sp³-hybridized carbons (Fsp3) is 0.368. The summed E-state index contributed by atoms with van der Waals surface area (Å²) < 4.78 is 5.96. The summed E-state index contributed by atoms with van der Waals surface area (Å²) in [7, 11) is 0. The highest BCUT2D eigenvalue weighted by Gasteiger charge is 2.15. The lowest BCUT2D eigenvalue weighted by molar-refractivity contribution is 0.0457. The van der Waals surface area contributed by atoms with Gasteiger partial charge in [0.2, 0.25) is 0 Å². The molecule has 0 atom stereocenters. The Balaban J connectivity index is 1.68. The highest BCUT2D eigenvalue weighted by molar-refractivity contribution is 5.67. The summed E-state index contributed by atoms with van der Waals surface area (Å²) in [4.78, 5) is 0. The second-order valence-corrected chi connectivity index (χ2v) is 5.78. The lowest BCUT2D eigenvalue weighted by Gasteiger charge is -2.12. The molecular weight excluding hydrogens is 258 g/mol. The van der Waals surface area contributed by atoms with Gasteiger partial charge >= 0.3 is 0 Å². The molecule has 0 radical (unpaired) electrons.